The Bertz CT molecular complexity index is 648. The van der Waals surface area contributed by atoms with Crippen molar-refractivity contribution in [3.8, 4) is 0 Å². The molecule has 0 saturated carbocycles. The quantitative estimate of drug-likeness (QED) is 0.507. The molecule has 0 saturated heterocycles. The van der Waals surface area contributed by atoms with Gasteiger partial charge in [-0.15, -0.1) is 0 Å². The summed E-state index contributed by atoms with van der Waals surface area (Å²) >= 11 is 0. The molecule has 3 N–H and O–H groups in total. The Kier molecular flexibility index (Phi) is 3.20. The van der Waals surface area contributed by atoms with Crippen LogP contribution in [0.2, 0.25) is 0 Å². The van der Waals surface area contributed by atoms with Crippen molar-refractivity contribution in [2.75, 3.05) is 11.4 Å². The number of carbonyl (C=O) groups excluding carboxylic acids is 1. The number of hydrogen-bond acceptors (Lipinski definition) is 4. The monoisotopic (exact) mass is 271 g/mol. The van der Waals surface area contributed by atoms with Gasteiger partial charge in [0.25, 0.3) is 0 Å². The Morgan fingerprint density at radius 2 is 2.25 bits per heavy atom. The molecule has 0 spiro atoms. The third kappa shape index (κ3) is 2.16. The number of fused-ring (bicyclic) bond motifs is 1. The van der Waals surface area contributed by atoms with Crippen LogP contribution in [-0.4, -0.2) is 12.5 Å². The Balaban J connectivity index is 1.83. The first-order valence-electron chi connectivity index (χ1n) is 6.62. The van der Waals surface area contributed by atoms with E-state index in [0.29, 0.717) is 0 Å². The fourth-order valence-electron chi connectivity index (χ4n) is 2.64. The molecular weight excluding hydrogens is 254 g/mol. The van der Waals surface area contributed by atoms with Gasteiger partial charge >= 0.3 is 5.91 Å². The molecule has 0 unspecified atom stereocenters. The first kappa shape index (κ1) is 12.7. The topological polar surface area (TPSA) is 71.5 Å². The van der Waals surface area contributed by atoms with Crippen molar-refractivity contribution in [1.29, 1.82) is 0 Å². The number of furan rings is 1. The number of carbonyl (C=O) groups is 1. The molecule has 5 heteroatoms. The lowest BCUT2D eigenvalue weighted by molar-refractivity contribution is 0.0924. The number of nitrogens with one attached hydrogen (secondary N) is 1. The number of amides is 1. The molecule has 1 aromatic carbocycles. The summed E-state index contributed by atoms with van der Waals surface area (Å²) in [6.07, 6.45) is 1.06. The van der Waals surface area contributed by atoms with Gasteiger partial charge in [-0.2, -0.15) is 0 Å². The van der Waals surface area contributed by atoms with Gasteiger partial charge in [-0.3, -0.25) is 10.2 Å². The first-order chi connectivity index (χ1) is 9.69. The van der Waals surface area contributed by atoms with Crippen molar-refractivity contribution in [2.24, 2.45) is 5.84 Å². The molecule has 5 nitrogen and oxygen atoms in total. The van der Waals surface area contributed by atoms with Gasteiger partial charge in [0, 0.05) is 24.3 Å². The zero-order valence-corrected chi connectivity index (χ0v) is 11.3. The maximum absolute atomic E-state index is 11.5. The number of nitrogens with zero attached hydrogens (tertiary/aromatic N) is 1. The van der Waals surface area contributed by atoms with Gasteiger partial charge in [0.1, 0.15) is 5.76 Å². The second-order valence-corrected chi connectivity index (χ2v) is 4.97. The number of hydrogen-bond donors (Lipinski definition) is 2. The number of nitrogen functional groups attached to an aromatic ring is 1. The van der Waals surface area contributed by atoms with E-state index < -0.39 is 5.91 Å². The predicted molar refractivity (Wildman–Crippen MR) is 76.3 cm³/mol. The maximum atomic E-state index is 11.5. The van der Waals surface area contributed by atoms with Crippen molar-refractivity contribution in [1.82, 2.24) is 5.43 Å². The summed E-state index contributed by atoms with van der Waals surface area (Å²) in [4.78, 5) is 13.8. The highest BCUT2D eigenvalue weighted by atomic mass is 16.4. The average Bonchev–Trinajstić information content (AvgIpc) is 3.04. The number of benzene rings is 1. The third-order valence-corrected chi connectivity index (χ3v) is 3.72. The van der Waals surface area contributed by atoms with Crippen LogP contribution in [0.5, 0.6) is 0 Å². The average molecular weight is 271 g/mol. The van der Waals surface area contributed by atoms with Crippen LogP contribution in [0.15, 0.2) is 34.7 Å². The Labute approximate surface area is 117 Å². The van der Waals surface area contributed by atoms with Crippen molar-refractivity contribution < 1.29 is 9.21 Å². The van der Waals surface area contributed by atoms with Crippen molar-refractivity contribution in [3.63, 3.8) is 0 Å². The van der Waals surface area contributed by atoms with Gasteiger partial charge in [-0.1, -0.05) is 18.2 Å². The second-order valence-electron chi connectivity index (χ2n) is 4.97. The molecule has 1 aliphatic heterocycles. The summed E-state index contributed by atoms with van der Waals surface area (Å²) < 4.78 is 5.45. The zero-order valence-electron chi connectivity index (χ0n) is 11.3. The summed E-state index contributed by atoms with van der Waals surface area (Å²) in [5.41, 5.74) is 5.73. The summed E-state index contributed by atoms with van der Waals surface area (Å²) in [5.74, 6) is 5.73. The molecule has 0 atom stereocenters. The number of aryl methyl sites for hydroxylation is 1. The van der Waals surface area contributed by atoms with Crippen LogP contribution in [-0.2, 0) is 13.0 Å². The van der Waals surface area contributed by atoms with Crippen LogP contribution in [0.25, 0.3) is 0 Å². The van der Waals surface area contributed by atoms with Crippen LogP contribution in [0.3, 0.4) is 0 Å². The highest BCUT2D eigenvalue weighted by Crippen LogP contribution is 2.29. The Morgan fingerprint density at radius 3 is 3.05 bits per heavy atom. The smallest absolute Gasteiger partial charge is 0.300 e. The molecule has 0 aliphatic carbocycles. The van der Waals surface area contributed by atoms with E-state index in [1.54, 1.807) is 6.07 Å². The molecule has 1 amide bonds. The van der Waals surface area contributed by atoms with Crippen LogP contribution in [0.4, 0.5) is 5.69 Å². The lowest BCUT2D eigenvalue weighted by Crippen LogP contribution is -2.29. The zero-order chi connectivity index (χ0) is 14.1. The first-order valence-corrected chi connectivity index (χ1v) is 6.62. The highest BCUT2D eigenvalue weighted by molar-refractivity contribution is 5.91. The molecule has 0 radical (unpaired) electrons. The molecule has 1 aromatic heterocycles. The van der Waals surface area contributed by atoms with E-state index in [9.17, 15) is 4.79 Å². The van der Waals surface area contributed by atoms with Crippen LogP contribution in [0.1, 0.15) is 27.4 Å². The number of rotatable bonds is 3. The molecule has 104 valence electrons. The molecular formula is C15H17N3O2. The van der Waals surface area contributed by atoms with E-state index in [-0.39, 0.29) is 5.76 Å². The molecule has 0 bridgehead atoms. The van der Waals surface area contributed by atoms with Gasteiger partial charge in [0.2, 0.25) is 0 Å². The highest BCUT2D eigenvalue weighted by Gasteiger charge is 2.21. The van der Waals surface area contributed by atoms with Gasteiger partial charge in [0.15, 0.2) is 5.76 Å². The van der Waals surface area contributed by atoms with E-state index in [0.717, 1.165) is 30.8 Å². The fraction of sp³-hybridized carbons (Fsp3) is 0.267. The minimum atomic E-state index is -0.402. The summed E-state index contributed by atoms with van der Waals surface area (Å²) in [6, 6.07) is 10.2. The number of para-hydroxylation sites is 1. The minimum Gasteiger partial charge on any atom is -0.456 e. The van der Waals surface area contributed by atoms with Gasteiger partial charge in [0.05, 0.1) is 0 Å². The summed E-state index contributed by atoms with van der Waals surface area (Å²) in [5, 5.41) is 0. The van der Waals surface area contributed by atoms with E-state index in [1.165, 1.54) is 11.3 Å². The van der Waals surface area contributed by atoms with E-state index in [2.05, 4.69) is 28.5 Å². The lowest BCUT2D eigenvalue weighted by Gasteiger charge is -2.18. The van der Waals surface area contributed by atoms with Gasteiger partial charge in [-0.25, -0.2) is 5.84 Å². The SMILES string of the molecule is Cc1oc(C(=O)NN)cc1CN1CCc2ccccc21. The van der Waals surface area contributed by atoms with Crippen LogP contribution in [0, 0.1) is 6.92 Å². The molecule has 0 fully saturated rings. The number of nitrogens with two attached hydrogens (primary N) is 1. The maximum Gasteiger partial charge on any atom is 0.300 e. The minimum absolute atomic E-state index is 0.257. The van der Waals surface area contributed by atoms with Crippen LogP contribution >= 0.6 is 0 Å². The molecule has 3 rings (SSSR count). The Hall–Kier alpha value is -2.27. The van der Waals surface area contributed by atoms with E-state index in [1.807, 2.05) is 13.0 Å². The molecule has 2 aromatic rings. The van der Waals surface area contributed by atoms with E-state index in [4.69, 9.17) is 10.3 Å². The summed E-state index contributed by atoms with van der Waals surface area (Å²) in [7, 11) is 0. The molecule has 2 heterocycles. The van der Waals surface area contributed by atoms with Crippen LogP contribution < -0.4 is 16.2 Å². The fourth-order valence-corrected chi connectivity index (χ4v) is 2.64. The lowest BCUT2D eigenvalue weighted by atomic mass is 10.2. The normalized spacial score (nSPS) is 13.4. The second kappa shape index (κ2) is 5.02. The summed E-state index contributed by atoms with van der Waals surface area (Å²) in [6.45, 7) is 3.59. The third-order valence-electron chi connectivity index (χ3n) is 3.72. The Morgan fingerprint density at radius 1 is 1.45 bits per heavy atom. The largest absolute Gasteiger partial charge is 0.456 e. The van der Waals surface area contributed by atoms with Crippen molar-refractivity contribution >= 4 is 11.6 Å². The standard InChI is InChI=1S/C15H17N3O2/c1-10-12(8-14(20-10)15(19)17-16)9-18-7-6-11-4-2-3-5-13(11)18/h2-5,8H,6-7,9,16H2,1H3,(H,17,19). The van der Waals surface area contributed by atoms with E-state index >= 15 is 0 Å². The molecule has 20 heavy (non-hydrogen) atoms. The van der Waals surface area contributed by atoms with Gasteiger partial charge in [-0.05, 0) is 31.0 Å². The van der Waals surface area contributed by atoms with Crippen molar-refractivity contribution in [3.05, 3.63) is 53.0 Å². The molecule has 1 aliphatic rings. The number of hydrazine groups is 1. The van der Waals surface area contributed by atoms with Crippen molar-refractivity contribution in [2.45, 2.75) is 19.9 Å². The predicted octanol–water partition coefficient (Wildman–Crippen LogP) is 1.75. The number of anilines is 1. The van der Waals surface area contributed by atoms with Gasteiger partial charge < -0.3 is 9.32 Å².